The molecule has 3 N–H and O–H groups in total. The normalized spacial score (nSPS) is 43.7. The maximum Gasteiger partial charge on any atom is 0.0476 e. The molecule has 1 saturated carbocycles. The van der Waals surface area contributed by atoms with Crippen LogP contribution in [-0.4, -0.2) is 17.3 Å². The number of hydrogen-bond acceptors (Lipinski definition) is 2. The third-order valence-corrected chi connectivity index (χ3v) is 2.42. The Morgan fingerprint density at radius 3 is 2.67 bits per heavy atom. The van der Waals surface area contributed by atoms with Gasteiger partial charge in [-0.05, 0) is 25.7 Å². The number of nitrogens with two attached hydrogens (primary N) is 1. The number of aliphatic hydroxyl groups excluding tert-OH is 1. The Kier molecular flexibility index (Phi) is 1.78. The highest BCUT2D eigenvalue weighted by Gasteiger charge is 2.34. The monoisotopic (exact) mass is 129 g/mol. The summed E-state index contributed by atoms with van der Waals surface area (Å²) >= 11 is 0. The Morgan fingerprint density at radius 1 is 1.78 bits per heavy atom. The summed E-state index contributed by atoms with van der Waals surface area (Å²) in [7, 11) is 0. The van der Waals surface area contributed by atoms with Crippen LogP contribution < -0.4 is 5.73 Å². The largest absolute Gasteiger partial charge is 0.396 e. The van der Waals surface area contributed by atoms with E-state index in [1.54, 1.807) is 0 Å². The molecule has 1 fully saturated rings. The van der Waals surface area contributed by atoms with E-state index in [9.17, 15) is 0 Å². The van der Waals surface area contributed by atoms with Crippen LogP contribution in [0.15, 0.2) is 0 Å². The summed E-state index contributed by atoms with van der Waals surface area (Å²) in [5.74, 6) is 0.345. The first-order chi connectivity index (χ1) is 4.17. The van der Waals surface area contributed by atoms with Crippen LogP contribution in [0.2, 0.25) is 0 Å². The molecule has 2 atom stereocenters. The molecule has 0 unspecified atom stereocenters. The van der Waals surface area contributed by atoms with Crippen LogP contribution in [0.25, 0.3) is 0 Å². The molecule has 1 aliphatic rings. The third kappa shape index (κ3) is 1.25. The fraction of sp³-hybridized carbons (Fsp3) is 1.00. The minimum absolute atomic E-state index is 0.0885. The first kappa shape index (κ1) is 7.03. The maximum absolute atomic E-state index is 8.82. The average Bonchev–Trinajstić information content (AvgIpc) is 2.08. The standard InChI is InChI=1S/C7H15NO/c1-7(8)4-2-3-6(7)5-9/h6,9H,2-5,8H2,1H3/t6-,7-/m0/s1. The van der Waals surface area contributed by atoms with Gasteiger partial charge < -0.3 is 10.8 Å². The van der Waals surface area contributed by atoms with Gasteiger partial charge in [0, 0.05) is 12.1 Å². The Bertz CT molecular complexity index is 101. The third-order valence-electron chi connectivity index (χ3n) is 2.42. The Labute approximate surface area is 56.1 Å². The molecule has 0 heterocycles. The maximum atomic E-state index is 8.82. The minimum Gasteiger partial charge on any atom is -0.396 e. The summed E-state index contributed by atoms with van der Waals surface area (Å²) in [5.41, 5.74) is 5.78. The van der Waals surface area contributed by atoms with Crippen LogP contribution in [0, 0.1) is 5.92 Å². The summed E-state index contributed by atoms with van der Waals surface area (Å²) < 4.78 is 0. The highest BCUT2D eigenvalue weighted by molar-refractivity contribution is 4.91. The molecule has 1 rings (SSSR count). The van der Waals surface area contributed by atoms with E-state index in [-0.39, 0.29) is 12.1 Å². The molecule has 0 amide bonds. The summed E-state index contributed by atoms with van der Waals surface area (Å²) in [6.45, 7) is 2.29. The van der Waals surface area contributed by atoms with Gasteiger partial charge in [-0.25, -0.2) is 0 Å². The zero-order valence-corrected chi connectivity index (χ0v) is 5.93. The fourth-order valence-electron chi connectivity index (χ4n) is 1.56. The van der Waals surface area contributed by atoms with Gasteiger partial charge in [0.25, 0.3) is 0 Å². The predicted octanol–water partition coefficient (Wildman–Crippen LogP) is 0.496. The first-order valence-electron chi connectivity index (χ1n) is 3.56. The Hall–Kier alpha value is -0.0800. The van der Waals surface area contributed by atoms with Crippen molar-refractivity contribution in [3.63, 3.8) is 0 Å². The molecule has 54 valence electrons. The zero-order valence-electron chi connectivity index (χ0n) is 5.93. The van der Waals surface area contributed by atoms with Gasteiger partial charge in [0.05, 0.1) is 0 Å². The van der Waals surface area contributed by atoms with Crippen molar-refractivity contribution in [3.05, 3.63) is 0 Å². The molecule has 0 spiro atoms. The topological polar surface area (TPSA) is 46.2 Å². The minimum atomic E-state index is -0.0885. The van der Waals surface area contributed by atoms with Gasteiger partial charge >= 0.3 is 0 Å². The van der Waals surface area contributed by atoms with Crippen molar-refractivity contribution < 1.29 is 5.11 Å². The van der Waals surface area contributed by atoms with E-state index >= 15 is 0 Å². The summed E-state index contributed by atoms with van der Waals surface area (Å²) in [6.07, 6.45) is 3.35. The molecule has 0 aromatic heterocycles. The van der Waals surface area contributed by atoms with E-state index in [0.717, 1.165) is 12.8 Å². The van der Waals surface area contributed by atoms with Crippen LogP contribution in [0.5, 0.6) is 0 Å². The zero-order chi connectivity index (χ0) is 6.91. The van der Waals surface area contributed by atoms with Crippen LogP contribution in [0.1, 0.15) is 26.2 Å². The van der Waals surface area contributed by atoms with E-state index in [2.05, 4.69) is 0 Å². The lowest BCUT2D eigenvalue weighted by Gasteiger charge is -2.24. The SMILES string of the molecule is C[C@]1(N)CCC[C@H]1CO. The van der Waals surface area contributed by atoms with Gasteiger partial charge in [-0.3, -0.25) is 0 Å². The lowest BCUT2D eigenvalue weighted by atomic mass is 9.91. The molecule has 0 saturated heterocycles. The average molecular weight is 129 g/mol. The highest BCUT2D eigenvalue weighted by atomic mass is 16.3. The van der Waals surface area contributed by atoms with Crippen LogP contribution >= 0.6 is 0 Å². The molecule has 0 bridgehead atoms. The van der Waals surface area contributed by atoms with Crippen molar-refractivity contribution in [2.24, 2.45) is 11.7 Å². The van der Waals surface area contributed by atoms with E-state index < -0.39 is 0 Å². The van der Waals surface area contributed by atoms with Crippen molar-refractivity contribution in [2.75, 3.05) is 6.61 Å². The molecule has 0 aromatic carbocycles. The van der Waals surface area contributed by atoms with Crippen LogP contribution in [0.4, 0.5) is 0 Å². The van der Waals surface area contributed by atoms with Gasteiger partial charge in [-0.15, -0.1) is 0 Å². The second-order valence-corrected chi connectivity index (χ2v) is 3.28. The molecule has 2 heteroatoms. The molecular weight excluding hydrogens is 114 g/mol. The number of hydrogen-bond donors (Lipinski definition) is 2. The van der Waals surface area contributed by atoms with Gasteiger partial charge in [0.2, 0.25) is 0 Å². The van der Waals surface area contributed by atoms with E-state index in [0.29, 0.717) is 5.92 Å². The van der Waals surface area contributed by atoms with Crippen molar-refractivity contribution in [1.29, 1.82) is 0 Å². The summed E-state index contributed by atoms with van der Waals surface area (Å²) in [4.78, 5) is 0. The molecule has 0 radical (unpaired) electrons. The fourth-order valence-corrected chi connectivity index (χ4v) is 1.56. The lowest BCUT2D eigenvalue weighted by Crippen LogP contribution is -2.41. The summed E-state index contributed by atoms with van der Waals surface area (Å²) in [6, 6.07) is 0. The molecule has 0 aromatic rings. The van der Waals surface area contributed by atoms with Crippen molar-refractivity contribution in [1.82, 2.24) is 0 Å². The predicted molar refractivity (Wildman–Crippen MR) is 37.0 cm³/mol. The van der Waals surface area contributed by atoms with Gasteiger partial charge in [-0.1, -0.05) is 6.42 Å². The first-order valence-corrected chi connectivity index (χ1v) is 3.56. The van der Waals surface area contributed by atoms with E-state index in [4.69, 9.17) is 10.8 Å². The molecule has 2 nitrogen and oxygen atoms in total. The van der Waals surface area contributed by atoms with Crippen molar-refractivity contribution >= 4 is 0 Å². The molecular formula is C7H15NO. The second-order valence-electron chi connectivity index (χ2n) is 3.28. The van der Waals surface area contributed by atoms with Crippen LogP contribution in [-0.2, 0) is 0 Å². The molecule has 1 aliphatic carbocycles. The van der Waals surface area contributed by atoms with Crippen molar-refractivity contribution in [3.8, 4) is 0 Å². The van der Waals surface area contributed by atoms with Crippen LogP contribution in [0.3, 0.4) is 0 Å². The van der Waals surface area contributed by atoms with Gasteiger partial charge in [-0.2, -0.15) is 0 Å². The second kappa shape index (κ2) is 2.27. The van der Waals surface area contributed by atoms with Gasteiger partial charge in [0.15, 0.2) is 0 Å². The van der Waals surface area contributed by atoms with Crippen molar-refractivity contribution in [2.45, 2.75) is 31.7 Å². The van der Waals surface area contributed by atoms with E-state index in [1.165, 1.54) is 6.42 Å². The smallest absolute Gasteiger partial charge is 0.0476 e. The van der Waals surface area contributed by atoms with Gasteiger partial charge in [0.1, 0.15) is 0 Å². The number of rotatable bonds is 1. The Morgan fingerprint density at radius 2 is 2.44 bits per heavy atom. The summed E-state index contributed by atoms with van der Waals surface area (Å²) in [5, 5.41) is 8.82. The Balaban J connectivity index is 2.52. The molecule has 9 heavy (non-hydrogen) atoms. The quantitative estimate of drug-likeness (QED) is 0.541. The van der Waals surface area contributed by atoms with E-state index in [1.807, 2.05) is 6.92 Å². The highest BCUT2D eigenvalue weighted by Crippen LogP contribution is 2.32. The molecule has 0 aliphatic heterocycles. The lowest BCUT2D eigenvalue weighted by molar-refractivity contribution is 0.183. The number of aliphatic hydroxyl groups is 1.